The van der Waals surface area contributed by atoms with E-state index in [9.17, 15) is 13.2 Å². The third-order valence-electron chi connectivity index (χ3n) is 4.22. The van der Waals surface area contributed by atoms with E-state index in [0.29, 0.717) is 13.1 Å². The van der Waals surface area contributed by atoms with Crippen molar-refractivity contribution in [2.24, 2.45) is 0 Å². The van der Waals surface area contributed by atoms with Gasteiger partial charge in [-0.1, -0.05) is 53.5 Å². The summed E-state index contributed by atoms with van der Waals surface area (Å²) in [6.45, 7) is 6.09. The summed E-state index contributed by atoms with van der Waals surface area (Å²) in [7, 11) is -3.67. The fourth-order valence-electron chi connectivity index (χ4n) is 2.69. The van der Waals surface area contributed by atoms with Crippen LogP contribution in [-0.4, -0.2) is 31.7 Å². The van der Waals surface area contributed by atoms with Gasteiger partial charge in [0.1, 0.15) is 0 Å². The monoisotopic (exact) mass is 472 g/mol. The SMILES string of the molecule is CCN(CC)S(=O)(=O)c1ccc(Cl)c(C(=O)NC(C)c2cccc(Br)c2)c1. The molecule has 2 rings (SSSR count). The van der Waals surface area contributed by atoms with Crippen molar-refractivity contribution in [3.63, 3.8) is 0 Å². The molecule has 2 aromatic rings. The molecule has 0 radical (unpaired) electrons. The average molecular weight is 474 g/mol. The second kappa shape index (κ2) is 9.19. The molecule has 5 nitrogen and oxygen atoms in total. The van der Waals surface area contributed by atoms with Crippen LogP contribution in [-0.2, 0) is 10.0 Å². The van der Waals surface area contributed by atoms with Crippen molar-refractivity contribution in [2.45, 2.75) is 31.7 Å². The van der Waals surface area contributed by atoms with Crippen molar-refractivity contribution >= 4 is 43.5 Å². The summed E-state index contributed by atoms with van der Waals surface area (Å²) < 4.78 is 27.7. The van der Waals surface area contributed by atoms with E-state index in [1.807, 2.05) is 31.2 Å². The Labute approximate surface area is 173 Å². The fourth-order valence-corrected chi connectivity index (χ4v) is 4.79. The van der Waals surface area contributed by atoms with E-state index in [1.165, 1.54) is 22.5 Å². The Balaban J connectivity index is 2.31. The molecule has 0 bridgehead atoms. The predicted molar refractivity (Wildman–Crippen MR) is 112 cm³/mol. The molecule has 0 saturated heterocycles. The first-order chi connectivity index (χ1) is 12.7. The number of hydrogen-bond donors (Lipinski definition) is 1. The maximum absolute atomic E-state index is 12.7. The molecule has 0 spiro atoms. The highest BCUT2D eigenvalue weighted by Gasteiger charge is 2.24. The van der Waals surface area contributed by atoms with E-state index in [0.717, 1.165) is 10.0 Å². The number of benzene rings is 2. The fraction of sp³-hybridized carbons (Fsp3) is 0.316. The molecule has 0 aliphatic rings. The van der Waals surface area contributed by atoms with Gasteiger partial charge in [-0.05, 0) is 42.8 Å². The van der Waals surface area contributed by atoms with Gasteiger partial charge in [0, 0.05) is 17.6 Å². The summed E-state index contributed by atoms with van der Waals surface area (Å²) in [6, 6.07) is 11.5. The van der Waals surface area contributed by atoms with Crippen LogP contribution in [0, 0.1) is 0 Å². The van der Waals surface area contributed by atoms with Crippen molar-refractivity contribution in [2.75, 3.05) is 13.1 Å². The summed E-state index contributed by atoms with van der Waals surface area (Å²) in [4.78, 5) is 12.8. The molecule has 0 fully saturated rings. The van der Waals surface area contributed by atoms with Crippen LogP contribution in [0.15, 0.2) is 51.8 Å². The van der Waals surface area contributed by atoms with Crippen LogP contribution in [0.5, 0.6) is 0 Å². The van der Waals surface area contributed by atoms with Crippen LogP contribution >= 0.6 is 27.5 Å². The first-order valence-corrected chi connectivity index (χ1v) is 11.2. The third-order valence-corrected chi connectivity index (χ3v) is 7.09. The Kier molecular flexibility index (Phi) is 7.45. The Bertz CT molecular complexity index is 930. The topological polar surface area (TPSA) is 66.5 Å². The van der Waals surface area contributed by atoms with Gasteiger partial charge < -0.3 is 5.32 Å². The molecule has 0 saturated carbocycles. The molecule has 1 N–H and O–H groups in total. The van der Waals surface area contributed by atoms with Gasteiger partial charge in [0.25, 0.3) is 5.91 Å². The minimum absolute atomic E-state index is 0.0517. The van der Waals surface area contributed by atoms with E-state index < -0.39 is 15.9 Å². The summed E-state index contributed by atoms with van der Waals surface area (Å²) in [5.41, 5.74) is 1.05. The number of hydrogen-bond acceptors (Lipinski definition) is 3. The van der Waals surface area contributed by atoms with Gasteiger partial charge in [0.05, 0.1) is 21.5 Å². The average Bonchev–Trinajstić information content (AvgIpc) is 2.62. The molecule has 8 heteroatoms. The Hall–Kier alpha value is -1.41. The molecular formula is C19H22BrClN2O3S. The molecule has 0 aromatic heterocycles. The van der Waals surface area contributed by atoms with Crippen molar-refractivity contribution in [3.8, 4) is 0 Å². The zero-order valence-electron chi connectivity index (χ0n) is 15.4. The first kappa shape index (κ1) is 21.9. The maximum atomic E-state index is 12.7. The van der Waals surface area contributed by atoms with Gasteiger partial charge >= 0.3 is 0 Å². The number of amides is 1. The van der Waals surface area contributed by atoms with Crippen LogP contribution in [0.25, 0.3) is 0 Å². The molecule has 2 aromatic carbocycles. The van der Waals surface area contributed by atoms with Crippen molar-refractivity contribution < 1.29 is 13.2 Å². The van der Waals surface area contributed by atoms with Gasteiger partial charge in [-0.25, -0.2) is 8.42 Å². The molecule has 1 amide bonds. The van der Waals surface area contributed by atoms with E-state index >= 15 is 0 Å². The highest BCUT2D eigenvalue weighted by atomic mass is 79.9. The third kappa shape index (κ3) is 5.10. The zero-order valence-corrected chi connectivity index (χ0v) is 18.5. The number of carbonyl (C=O) groups excluding carboxylic acids is 1. The van der Waals surface area contributed by atoms with Crippen LogP contribution < -0.4 is 5.32 Å². The minimum atomic E-state index is -3.67. The lowest BCUT2D eigenvalue weighted by Crippen LogP contribution is -2.31. The molecule has 0 aliphatic carbocycles. The molecule has 0 heterocycles. The van der Waals surface area contributed by atoms with Crippen LogP contribution in [0.2, 0.25) is 5.02 Å². The molecule has 1 unspecified atom stereocenters. The molecule has 146 valence electrons. The van der Waals surface area contributed by atoms with Gasteiger partial charge in [0.2, 0.25) is 10.0 Å². The van der Waals surface area contributed by atoms with Crippen molar-refractivity contribution in [1.29, 1.82) is 0 Å². The quantitative estimate of drug-likeness (QED) is 0.638. The molecule has 0 aliphatic heterocycles. The number of nitrogens with zero attached hydrogens (tertiary/aromatic N) is 1. The second-order valence-corrected chi connectivity index (χ2v) is 9.24. The van der Waals surface area contributed by atoms with Crippen LogP contribution in [0.3, 0.4) is 0 Å². The first-order valence-electron chi connectivity index (χ1n) is 8.56. The highest BCUT2D eigenvalue weighted by molar-refractivity contribution is 9.10. The van der Waals surface area contributed by atoms with Gasteiger partial charge in [-0.2, -0.15) is 4.31 Å². The lowest BCUT2D eigenvalue weighted by Gasteiger charge is -2.19. The number of carbonyl (C=O) groups is 1. The normalized spacial score (nSPS) is 12.8. The van der Waals surface area contributed by atoms with Crippen LogP contribution in [0.1, 0.15) is 42.7 Å². The van der Waals surface area contributed by atoms with Gasteiger partial charge in [0.15, 0.2) is 0 Å². The Morgan fingerprint density at radius 3 is 2.44 bits per heavy atom. The zero-order chi connectivity index (χ0) is 20.2. The Morgan fingerprint density at radius 1 is 1.19 bits per heavy atom. The highest BCUT2D eigenvalue weighted by Crippen LogP contribution is 2.24. The Morgan fingerprint density at radius 2 is 1.85 bits per heavy atom. The maximum Gasteiger partial charge on any atom is 0.253 e. The van der Waals surface area contributed by atoms with Gasteiger partial charge in [-0.15, -0.1) is 0 Å². The summed E-state index contributed by atoms with van der Waals surface area (Å²) >= 11 is 9.57. The van der Waals surface area contributed by atoms with E-state index in [-0.39, 0.29) is 21.5 Å². The molecule has 27 heavy (non-hydrogen) atoms. The van der Waals surface area contributed by atoms with E-state index in [2.05, 4.69) is 21.2 Å². The summed E-state index contributed by atoms with van der Waals surface area (Å²) in [5, 5.41) is 3.07. The van der Waals surface area contributed by atoms with Gasteiger partial charge in [-0.3, -0.25) is 4.79 Å². The van der Waals surface area contributed by atoms with Crippen LogP contribution in [0.4, 0.5) is 0 Å². The second-order valence-electron chi connectivity index (χ2n) is 5.98. The number of nitrogens with one attached hydrogen (secondary N) is 1. The minimum Gasteiger partial charge on any atom is -0.345 e. The lowest BCUT2D eigenvalue weighted by atomic mass is 10.1. The van der Waals surface area contributed by atoms with E-state index in [1.54, 1.807) is 13.8 Å². The van der Waals surface area contributed by atoms with Crippen molar-refractivity contribution in [3.05, 3.63) is 63.1 Å². The van der Waals surface area contributed by atoms with E-state index in [4.69, 9.17) is 11.6 Å². The number of rotatable bonds is 7. The molecule has 1 atom stereocenters. The summed E-state index contributed by atoms with van der Waals surface area (Å²) in [5.74, 6) is -0.427. The summed E-state index contributed by atoms with van der Waals surface area (Å²) in [6.07, 6.45) is 0. The predicted octanol–water partition coefficient (Wildman–Crippen LogP) is 4.62. The smallest absolute Gasteiger partial charge is 0.253 e. The number of sulfonamides is 1. The standard InChI is InChI=1S/C19H22BrClN2O3S/c1-4-23(5-2)27(25,26)16-9-10-18(21)17(12-16)19(24)22-13(3)14-7-6-8-15(20)11-14/h6-13H,4-5H2,1-3H3,(H,22,24). The van der Waals surface area contributed by atoms with Crippen molar-refractivity contribution in [1.82, 2.24) is 9.62 Å². The molecular weight excluding hydrogens is 452 g/mol. The largest absolute Gasteiger partial charge is 0.345 e. The lowest BCUT2D eigenvalue weighted by molar-refractivity contribution is 0.0940. The number of halogens is 2.